The average molecular weight is 506 g/mol. The van der Waals surface area contributed by atoms with Gasteiger partial charge in [0, 0.05) is 10.2 Å². The van der Waals surface area contributed by atoms with E-state index in [0.29, 0.717) is 0 Å². The van der Waals surface area contributed by atoms with E-state index in [4.69, 9.17) is 4.74 Å². The van der Waals surface area contributed by atoms with Crippen molar-refractivity contribution in [2.24, 2.45) is 0 Å². The molecule has 0 saturated carbocycles. The zero-order valence-electron chi connectivity index (χ0n) is 7.08. The van der Waals surface area contributed by atoms with E-state index in [2.05, 4.69) is 74.7 Å². The van der Waals surface area contributed by atoms with Gasteiger partial charge in [0.05, 0.1) is 8.19 Å². The van der Waals surface area contributed by atoms with Gasteiger partial charge in [-0.3, -0.25) is 0 Å². The fraction of sp³-hybridized carbons (Fsp3) is 0.750. The Morgan fingerprint density at radius 2 is 1.83 bits per heavy atom. The Labute approximate surface area is 116 Å². The van der Waals surface area contributed by atoms with Gasteiger partial charge >= 0.3 is 0 Å². The average Bonchev–Trinajstić information content (AvgIpc) is 2.03. The van der Waals surface area contributed by atoms with Crippen LogP contribution in [-0.4, -0.2) is 13.2 Å². The normalized spacial score (nSPS) is 10.0. The molecule has 1 nitrogen and oxygen atoms in total. The molecule has 0 aliphatic heterocycles. The highest BCUT2D eigenvalue weighted by Crippen LogP contribution is 2.25. The lowest BCUT2D eigenvalue weighted by atomic mass is 10.3. The monoisotopic (exact) mass is 506 g/mol. The van der Waals surface area contributed by atoms with Crippen LogP contribution in [0.15, 0.2) is 5.17 Å². The largest absolute Gasteiger partial charge is 0.376 e. The molecule has 0 saturated heterocycles. The van der Waals surface area contributed by atoms with Crippen LogP contribution in [0.1, 0.15) is 26.2 Å². The van der Waals surface area contributed by atoms with E-state index in [1.807, 2.05) is 0 Å². The minimum atomic E-state index is 0.783. The summed E-state index contributed by atoms with van der Waals surface area (Å²) < 4.78 is 8.10. The lowest BCUT2D eigenvalue weighted by Gasteiger charge is -2.02. The smallest absolute Gasteiger partial charge is 0.0789 e. The summed E-state index contributed by atoms with van der Waals surface area (Å²) >= 11 is 6.96. The minimum absolute atomic E-state index is 0.783. The van der Waals surface area contributed by atoms with Crippen molar-refractivity contribution in [3.63, 3.8) is 0 Å². The molecule has 12 heavy (non-hydrogen) atoms. The van der Waals surface area contributed by atoms with Gasteiger partial charge in [-0.2, -0.15) is 0 Å². The summed E-state index contributed by atoms with van der Waals surface area (Å²) in [4.78, 5) is 0. The molecule has 0 bridgehead atoms. The molecule has 0 radical (unpaired) electrons. The summed E-state index contributed by atoms with van der Waals surface area (Å²) in [5, 5.41) is 0. The van der Waals surface area contributed by atoms with Crippen LogP contribution in [0.5, 0.6) is 0 Å². The summed E-state index contributed by atoms with van der Waals surface area (Å²) in [6.45, 7) is 3.89. The van der Waals surface area contributed by atoms with Crippen molar-refractivity contribution in [2.45, 2.75) is 26.2 Å². The second kappa shape index (κ2) is 9.45. The second-order valence-corrected chi connectivity index (χ2v) is 7.95. The highest BCUT2D eigenvalue weighted by molar-refractivity contribution is 14.2. The van der Waals surface area contributed by atoms with Gasteiger partial charge in [0.1, 0.15) is 0 Å². The molecule has 0 spiro atoms. The molecule has 0 aromatic heterocycles. The molecule has 0 aliphatic carbocycles. The summed E-state index contributed by atoms with van der Waals surface area (Å²) in [5.74, 6) is 0. The van der Waals surface area contributed by atoms with Gasteiger partial charge in [0.2, 0.25) is 0 Å². The molecule has 0 aromatic carbocycles. The number of hydrogen-bond donors (Lipinski definition) is 0. The quantitative estimate of drug-likeness (QED) is 0.377. The Kier molecular flexibility index (Phi) is 10.9. The molecule has 0 aliphatic rings. The van der Waals surface area contributed by atoms with Crippen molar-refractivity contribution in [1.29, 1.82) is 0 Å². The minimum Gasteiger partial charge on any atom is -0.376 e. The van der Waals surface area contributed by atoms with Crippen LogP contribution in [0.3, 0.4) is 0 Å². The van der Waals surface area contributed by atoms with Gasteiger partial charge in [-0.1, -0.05) is 19.8 Å². The predicted octanol–water partition coefficient (Wildman–Crippen LogP) is 4.67. The number of unbranched alkanes of at least 4 members (excludes halogenated alkanes) is 2. The van der Waals surface area contributed by atoms with Crippen LogP contribution in [0.2, 0.25) is 0 Å². The van der Waals surface area contributed by atoms with Crippen molar-refractivity contribution in [2.75, 3.05) is 13.2 Å². The number of rotatable bonds is 6. The Morgan fingerprint density at radius 3 is 2.33 bits per heavy atom. The zero-order chi connectivity index (χ0) is 9.40. The molecule has 0 rings (SSSR count). The van der Waals surface area contributed by atoms with E-state index in [1.165, 1.54) is 24.4 Å². The first-order valence-electron chi connectivity index (χ1n) is 3.95. The third-order valence-electron chi connectivity index (χ3n) is 1.33. The third kappa shape index (κ3) is 8.49. The molecule has 0 atom stereocenters. The van der Waals surface area contributed by atoms with Crippen molar-refractivity contribution in [3.8, 4) is 0 Å². The SMILES string of the molecule is CCCCCOCC(I)=C(I)I. The van der Waals surface area contributed by atoms with E-state index in [0.717, 1.165) is 13.2 Å². The van der Waals surface area contributed by atoms with Gasteiger partial charge in [0.25, 0.3) is 0 Å². The molecule has 72 valence electrons. The van der Waals surface area contributed by atoms with E-state index >= 15 is 0 Å². The maximum absolute atomic E-state index is 5.48. The Balaban J connectivity index is 3.26. The molecule has 0 fully saturated rings. The standard InChI is InChI=1S/C8H13I3O/c1-2-3-4-5-12-6-7(9)8(10)11/h2-6H2,1H3. The first-order valence-corrected chi connectivity index (χ1v) is 7.19. The van der Waals surface area contributed by atoms with E-state index in [9.17, 15) is 0 Å². The molecule has 4 heteroatoms. The van der Waals surface area contributed by atoms with Crippen LogP contribution < -0.4 is 0 Å². The highest BCUT2D eigenvalue weighted by Gasteiger charge is 1.96. The van der Waals surface area contributed by atoms with Gasteiger partial charge in [-0.05, 0) is 74.2 Å². The zero-order valence-corrected chi connectivity index (χ0v) is 13.6. The van der Waals surface area contributed by atoms with E-state index in [1.54, 1.807) is 0 Å². The molecule has 0 N–H and O–H groups in total. The van der Waals surface area contributed by atoms with Crippen LogP contribution in [0, 0.1) is 0 Å². The number of hydrogen-bond acceptors (Lipinski definition) is 1. The van der Waals surface area contributed by atoms with Gasteiger partial charge < -0.3 is 4.74 Å². The molecular formula is C8H13I3O. The fourth-order valence-corrected chi connectivity index (χ4v) is 1.20. The van der Waals surface area contributed by atoms with Crippen molar-refractivity contribution >= 4 is 67.8 Å². The van der Waals surface area contributed by atoms with E-state index in [-0.39, 0.29) is 0 Å². The van der Waals surface area contributed by atoms with Gasteiger partial charge in [0.15, 0.2) is 0 Å². The van der Waals surface area contributed by atoms with Crippen molar-refractivity contribution < 1.29 is 4.74 Å². The molecular weight excluding hydrogens is 493 g/mol. The fourth-order valence-electron chi connectivity index (χ4n) is 0.670. The highest BCUT2D eigenvalue weighted by atomic mass is 127. The van der Waals surface area contributed by atoms with Crippen LogP contribution in [-0.2, 0) is 4.74 Å². The van der Waals surface area contributed by atoms with Crippen LogP contribution in [0.4, 0.5) is 0 Å². The summed E-state index contributed by atoms with van der Waals surface area (Å²) in [6.07, 6.45) is 3.74. The second-order valence-electron chi connectivity index (χ2n) is 2.43. The lowest BCUT2D eigenvalue weighted by Crippen LogP contribution is -1.96. The Bertz CT molecular complexity index is 141. The Hall–Kier alpha value is 1.89. The van der Waals surface area contributed by atoms with Gasteiger partial charge in [-0.15, -0.1) is 0 Å². The van der Waals surface area contributed by atoms with E-state index < -0.39 is 0 Å². The third-order valence-corrected chi connectivity index (χ3v) is 5.54. The van der Waals surface area contributed by atoms with Gasteiger partial charge in [-0.25, -0.2) is 0 Å². The predicted molar refractivity (Wildman–Crippen MR) is 79.4 cm³/mol. The number of halogens is 3. The maximum atomic E-state index is 5.48. The summed E-state index contributed by atoms with van der Waals surface area (Å²) in [7, 11) is 0. The molecule has 0 unspecified atom stereocenters. The van der Waals surface area contributed by atoms with Crippen molar-refractivity contribution in [3.05, 3.63) is 5.17 Å². The van der Waals surface area contributed by atoms with Crippen molar-refractivity contribution in [1.82, 2.24) is 0 Å². The first-order chi connectivity index (χ1) is 5.68. The molecule has 0 heterocycles. The number of ether oxygens (including phenoxy) is 1. The molecule has 0 aromatic rings. The van der Waals surface area contributed by atoms with Crippen LogP contribution in [0.25, 0.3) is 0 Å². The molecule has 0 amide bonds. The maximum Gasteiger partial charge on any atom is 0.0789 e. The first kappa shape index (κ1) is 13.9. The van der Waals surface area contributed by atoms with Crippen LogP contribution >= 0.6 is 67.8 Å². The lowest BCUT2D eigenvalue weighted by molar-refractivity contribution is 0.157. The summed E-state index contributed by atoms with van der Waals surface area (Å²) in [5.41, 5.74) is 0. The Morgan fingerprint density at radius 1 is 1.17 bits per heavy atom. The topological polar surface area (TPSA) is 9.23 Å². The summed E-state index contributed by atoms with van der Waals surface area (Å²) in [6, 6.07) is 0.